The Bertz CT molecular complexity index is 274. The van der Waals surface area contributed by atoms with E-state index in [2.05, 4.69) is 45.0 Å². The SMILES string of the molecule is CCC1CCC(C)N1CC1CCC(C)(C)C1NC. The average molecular weight is 252 g/mol. The van der Waals surface area contributed by atoms with Gasteiger partial charge in [0.15, 0.2) is 0 Å². The Labute approximate surface area is 114 Å². The zero-order chi connectivity index (χ0) is 13.3. The first-order valence-electron chi connectivity index (χ1n) is 7.92. The summed E-state index contributed by atoms with van der Waals surface area (Å²) < 4.78 is 0. The van der Waals surface area contributed by atoms with Gasteiger partial charge in [-0.1, -0.05) is 20.8 Å². The molecule has 4 unspecified atom stereocenters. The third-order valence-electron chi connectivity index (χ3n) is 5.65. The van der Waals surface area contributed by atoms with Crippen molar-refractivity contribution in [3.05, 3.63) is 0 Å². The van der Waals surface area contributed by atoms with Crippen LogP contribution in [0.5, 0.6) is 0 Å². The predicted octanol–water partition coefficient (Wildman–Crippen LogP) is 3.27. The summed E-state index contributed by atoms with van der Waals surface area (Å²) in [5, 5.41) is 3.60. The van der Waals surface area contributed by atoms with E-state index >= 15 is 0 Å². The maximum atomic E-state index is 3.60. The Morgan fingerprint density at radius 2 is 1.94 bits per heavy atom. The second-order valence-electron chi connectivity index (χ2n) is 7.24. The molecule has 1 heterocycles. The van der Waals surface area contributed by atoms with Crippen LogP contribution >= 0.6 is 0 Å². The molecule has 1 N–H and O–H groups in total. The summed E-state index contributed by atoms with van der Waals surface area (Å²) in [6.07, 6.45) is 6.92. The van der Waals surface area contributed by atoms with E-state index in [4.69, 9.17) is 0 Å². The number of nitrogens with zero attached hydrogens (tertiary/aromatic N) is 1. The largest absolute Gasteiger partial charge is 0.316 e. The first-order valence-corrected chi connectivity index (χ1v) is 7.92. The summed E-state index contributed by atoms with van der Waals surface area (Å²) in [6.45, 7) is 10.9. The van der Waals surface area contributed by atoms with Crippen LogP contribution in [0.25, 0.3) is 0 Å². The molecule has 0 radical (unpaired) electrons. The van der Waals surface area contributed by atoms with Crippen LogP contribution in [0, 0.1) is 11.3 Å². The van der Waals surface area contributed by atoms with Crippen molar-refractivity contribution in [3.63, 3.8) is 0 Å². The van der Waals surface area contributed by atoms with Crippen LogP contribution in [0.2, 0.25) is 0 Å². The number of hydrogen-bond acceptors (Lipinski definition) is 2. The topological polar surface area (TPSA) is 15.3 Å². The molecule has 0 bridgehead atoms. The van der Waals surface area contributed by atoms with Gasteiger partial charge in [-0.2, -0.15) is 0 Å². The van der Waals surface area contributed by atoms with E-state index in [9.17, 15) is 0 Å². The summed E-state index contributed by atoms with van der Waals surface area (Å²) in [5.74, 6) is 0.847. The number of nitrogens with one attached hydrogen (secondary N) is 1. The lowest BCUT2D eigenvalue weighted by molar-refractivity contribution is 0.144. The molecule has 0 aromatic heterocycles. The Balaban J connectivity index is 2.00. The maximum Gasteiger partial charge on any atom is 0.0156 e. The first-order chi connectivity index (χ1) is 8.49. The number of likely N-dealkylation sites (tertiary alicyclic amines) is 1. The lowest BCUT2D eigenvalue weighted by atomic mass is 9.84. The smallest absolute Gasteiger partial charge is 0.0156 e. The van der Waals surface area contributed by atoms with Crippen molar-refractivity contribution in [2.75, 3.05) is 13.6 Å². The second-order valence-corrected chi connectivity index (χ2v) is 7.24. The van der Waals surface area contributed by atoms with E-state index in [-0.39, 0.29) is 0 Å². The standard InChI is InChI=1S/C16H32N2/c1-6-14-8-7-12(2)18(14)11-13-9-10-16(3,4)15(13)17-5/h12-15,17H,6-11H2,1-5H3. The summed E-state index contributed by atoms with van der Waals surface area (Å²) >= 11 is 0. The van der Waals surface area contributed by atoms with E-state index in [1.165, 1.54) is 38.6 Å². The van der Waals surface area contributed by atoms with E-state index < -0.39 is 0 Å². The highest BCUT2D eigenvalue weighted by Gasteiger charge is 2.43. The minimum atomic E-state index is 0.476. The minimum absolute atomic E-state index is 0.476. The van der Waals surface area contributed by atoms with Crippen molar-refractivity contribution in [2.45, 2.75) is 77.9 Å². The maximum absolute atomic E-state index is 3.60. The molecule has 18 heavy (non-hydrogen) atoms. The molecule has 2 rings (SSSR count). The normalized spacial score (nSPS) is 40.5. The molecule has 2 fully saturated rings. The van der Waals surface area contributed by atoms with Crippen LogP contribution in [-0.2, 0) is 0 Å². The molecule has 0 aromatic rings. The van der Waals surface area contributed by atoms with Gasteiger partial charge in [-0.05, 0) is 57.4 Å². The second kappa shape index (κ2) is 5.50. The van der Waals surface area contributed by atoms with Crippen LogP contribution < -0.4 is 5.32 Å². The Morgan fingerprint density at radius 1 is 1.22 bits per heavy atom. The fourth-order valence-corrected chi connectivity index (χ4v) is 4.50. The Morgan fingerprint density at radius 3 is 2.56 bits per heavy atom. The van der Waals surface area contributed by atoms with Crippen molar-refractivity contribution in [3.8, 4) is 0 Å². The first kappa shape index (κ1) is 14.3. The summed E-state index contributed by atoms with van der Waals surface area (Å²) in [6, 6.07) is 2.35. The van der Waals surface area contributed by atoms with Crippen LogP contribution in [0.15, 0.2) is 0 Å². The minimum Gasteiger partial charge on any atom is -0.316 e. The molecule has 1 saturated carbocycles. The Hall–Kier alpha value is -0.0800. The van der Waals surface area contributed by atoms with Crippen molar-refractivity contribution >= 4 is 0 Å². The zero-order valence-corrected chi connectivity index (χ0v) is 13.0. The summed E-state index contributed by atoms with van der Waals surface area (Å²) in [4.78, 5) is 2.80. The van der Waals surface area contributed by atoms with Gasteiger partial charge < -0.3 is 5.32 Å². The fourth-order valence-electron chi connectivity index (χ4n) is 4.50. The molecule has 2 aliphatic rings. The molecule has 2 heteroatoms. The van der Waals surface area contributed by atoms with Gasteiger partial charge >= 0.3 is 0 Å². The lowest BCUT2D eigenvalue weighted by Crippen LogP contribution is -2.46. The zero-order valence-electron chi connectivity index (χ0n) is 13.0. The highest BCUT2D eigenvalue weighted by Crippen LogP contribution is 2.42. The molecule has 1 aliphatic heterocycles. The van der Waals surface area contributed by atoms with Gasteiger partial charge in [-0.25, -0.2) is 0 Å². The van der Waals surface area contributed by atoms with Crippen molar-refractivity contribution in [2.24, 2.45) is 11.3 Å². The van der Waals surface area contributed by atoms with Crippen molar-refractivity contribution < 1.29 is 0 Å². The molecule has 0 spiro atoms. The average Bonchev–Trinajstić information content (AvgIpc) is 2.81. The van der Waals surface area contributed by atoms with Gasteiger partial charge in [0.2, 0.25) is 0 Å². The summed E-state index contributed by atoms with van der Waals surface area (Å²) in [7, 11) is 2.15. The third kappa shape index (κ3) is 2.60. The molecule has 0 aromatic carbocycles. The van der Waals surface area contributed by atoms with Gasteiger partial charge in [-0.15, -0.1) is 0 Å². The fraction of sp³-hybridized carbons (Fsp3) is 1.00. The molecule has 4 atom stereocenters. The third-order valence-corrected chi connectivity index (χ3v) is 5.65. The van der Waals surface area contributed by atoms with Crippen LogP contribution in [0.4, 0.5) is 0 Å². The highest BCUT2D eigenvalue weighted by molar-refractivity contribution is 4.98. The monoisotopic (exact) mass is 252 g/mol. The van der Waals surface area contributed by atoms with E-state index in [0.29, 0.717) is 11.5 Å². The van der Waals surface area contributed by atoms with Crippen LogP contribution in [-0.4, -0.2) is 36.6 Å². The van der Waals surface area contributed by atoms with Gasteiger partial charge in [0.1, 0.15) is 0 Å². The van der Waals surface area contributed by atoms with Gasteiger partial charge in [0, 0.05) is 24.7 Å². The quantitative estimate of drug-likeness (QED) is 0.826. The van der Waals surface area contributed by atoms with Crippen LogP contribution in [0.1, 0.15) is 59.8 Å². The lowest BCUT2D eigenvalue weighted by Gasteiger charge is -2.35. The molecule has 0 amide bonds. The highest BCUT2D eigenvalue weighted by atomic mass is 15.2. The van der Waals surface area contributed by atoms with Gasteiger partial charge in [-0.3, -0.25) is 4.90 Å². The molecule has 106 valence electrons. The van der Waals surface area contributed by atoms with E-state index in [1.54, 1.807) is 0 Å². The van der Waals surface area contributed by atoms with Gasteiger partial charge in [0.05, 0.1) is 0 Å². The van der Waals surface area contributed by atoms with E-state index in [0.717, 1.165) is 18.0 Å². The Kier molecular flexibility index (Phi) is 4.38. The number of hydrogen-bond donors (Lipinski definition) is 1. The van der Waals surface area contributed by atoms with Crippen molar-refractivity contribution in [1.82, 2.24) is 10.2 Å². The molecular formula is C16H32N2. The van der Waals surface area contributed by atoms with Crippen LogP contribution in [0.3, 0.4) is 0 Å². The van der Waals surface area contributed by atoms with Crippen molar-refractivity contribution in [1.29, 1.82) is 0 Å². The predicted molar refractivity (Wildman–Crippen MR) is 78.8 cm³/mol. The molecule has 2 nitrogen and oxygen atoms in total. The number of rotatable bonds is 4. The molecule has 1 aliphatic carbocycles. The molecular weight excluding hydrogens is 220 g/mol. The summed E-state index contributed by atoms with van der Waals surface area (Å²) in [5.41, 5.74) is 0.476. The van der Waals surface area contributed by atoms with Gasteiger partial charge in [0.25, 0.3) is 0 Å². The molecule has 1 saturated heterocycles. The van der Waals surface area contributed by atoms with E-state index in [1.807, 2.05) is 0 Å².